The Kier molecular flexibility index (Phi) is 6.20. The quantitative estimate of drug-likeness (QED) is 0.586. The molecule has 0 radical (unpaired) electrons. The van der Waals surface area contributed by atoms with Crippen molar-refractivity contribution >= 4 is 23.2 Å². The summed E-state index contributed by atoms with van der Waals surface area (Å²) in [5.74, 6) is -0.140. The van der Waals surface area contributed by atoms with Gasteiger partial charge in [-0.3, -0.25) is 14.9 Å². The molecule has 1 aromatic carbocycles. The molecule has 1 aromatic rings. The van der Waals surface area contributed by atoms with Gasteiger partial charge >= 0.3 is 5.69 Å². The van der Waals surface area contributed by atoms with Gasteiger partial charge in [0.25, 0.3) is 0 Å². The molecule has 0 aliphatic carbocycles. The Morgan fingerprint density at radius 2 is 2.30 bits per heavy atom. The average molecular weight is 302 g/mol. The number of carbonyl (C=O) groups is 1. The smallest absolute Gasteiger partial charge is 0.312 e. The van der Waals surface area contributed by atoms with Crippen molar-refractivity contribution in [2.24, 2.45) is 5.73 Å². The predicted molar refractivity (Wildman–Crippen MR) is 74.9 cm³/mol. The highest BCUT2D eigenvalue weighted by Crippen LogP contribution is 2.29. The maximum Gasteiger partial charge on any atom is 0.312 e. The van der Waals surface area contributed by atoms with Crippen LogP contribution in [0.1, 0.15) is 13.3 Å². The highest BCUT2D eigenvalue weighted by molar-refractivity contribution is 6.30. The lowest BCUT2D eigenvalue weighted by Gasteiger charge is -2.11. The molecule has 0 fully saturated rings. The van der Waals surface area contributed by atoms with Crippen LogP contribution < -0.4 is 15.8 Å². The summed E-state index contributed by atoms with van der Waals surface area (Å²) in [7, 11) is 0. The molecule has 1 atom stereocenters. The molecule has 8 heteroatoms. The number of carbonyl (C=O) groups excluding carboxylic acids is 1. The van der Waals surface area contributed by atoms with E-state index >= 15 is 0 Å². The van der Waals surface area contributed by atoms with E-state index in [4.69, 9.17) is 22.1 Å². The SMILES string of the molecule is C[C@@H](CN)NC(=O)CCOc1ccc(Cl)cc1[N+](=O)[O-]. The number of nitrogens with one attached hydrogen (secondary N) is 1. The lowest BCUT2D eigenvalue weighted by atomic mass is 10.3. The van der Waals surface area contributed by atoms with E-state index in [0.717, 1.165) is 0 Å². The zero-order valence-electron chi connectivity index (χ0n) is 11.0. The van der Waals surface area contributed by atoms with Gasteiger partial charge in [-0.15, -0.1) is 0 Å². The lowest BCUT2D eigenvalue weighted by Crippen LogP contribution is -2.38. The summed E-state index contributed by atoms with van der Waals surface area (Å²) in [6, 6.07) is 3.97. The summed E-state index contributed by atoms with van der Waals surface area (Å²) < 4.78 is 5.25. The van der Waals surface area contributed by atoms with Gasteiger partial charge in [0.1, 0.15) is 0 Å². The third-order valence-corrected chi connectivity index (χ3v) is 2.70. The summed E-state index contributed by atoms with van der Waals surface area (Å²) in [5.41, 5.74) is 5.15. The summed E-state index contributed by atoms with van der Waals surface area (Å²) >= 11 is 5.68. The van der Waals surface area contributed by atoms with Gasteiger partial charge in [-0.1, -0.05) is 11.6 Å². The van der Waals surface area contributed by atoms with E-state index in [1.54, 1.807) is 6.92 Å². The molecule has 1 rings (SSSR count). The van der Waals surface area contributed by atoms with Crippen LogP contribution in [0.25, 0.3) is 0 Å². The van der Waals surface area contributed by atoms with Crippen molar-refractivity contribution in [2.75, 3.05) is 13.2 Å². The maximum atomic E-state index is 11.5. The number of ether oxygens (including phenoxy) is 1. The molecule has 0 unspecified atom stereocenters. The highest BCUT2D eigenvalue weighted by atomic mass is 35.5. The van der Waals surface area contributed by atoms with Gasteiger partial charge < -0.3 is 15.8 Å². The van der Waals surface area contributed by atoms with Gasteiger partial charge in [-0.25, -0.2) is 0 Å². The van der Waals surface area contributed by atoms with Gasteiger partial charge in [0.15, 0.2) is 5.75 Å². The van der Waals surface area contributed by atoms with Crippen molar-refractivity contribution in [3.63, 3.8) is 0 Å². The highest BCUT2D eigenvalue weighted by Gasteiger charge is 2.16. The molecule has 1 amide bonds. The van der Waals surface area contributed by atoms with Crippen LogP contribution in [0.15, 0.2) is 18.2 Å². The lowest BCUT2D eigenvalue weighted by molar-refractivity contribution is -0.385. The van der Waals surface area contributed by atoms with Crippen molar-refractivity contribution in [2.45, 2.75) is 19.4 Å². The Morgan fingerprint density at radius 1 is 1.60 bits per heavy atom. The van der Waals surface area contributed by atoms with E-state index in [1.807, 2.05) is 0 Å². The van der Waals surface area contributed by atoms with Crippen LogP contribution in [-0.4, -0.2) is 30.0 Å². The minimum Gasteiger partial charge on any atom is -0.486 e. The molecule has 0 saturated carbocycles. The molecule has 0 aromatic heterocycles. The van der Waals surface area contributed by atoms with Crippen molar-refractivity contribution in [3.8, 4) is 5.75 Å². The summed E-state index contributed by atoms with van der Waals surface area (Å²) in [5, 5.41) is 13.7. The first kappa shape index (κ1) is 16.2. The number of nitro benzene ring substituents is 1. The molecule has 3 N–H and O–H groups in total. The van der Waals surface area contributed by atoms with Crippen LogP contribution in [0.5, 0.6) is 5.75 Å². The fourth-order valence-corrected chi connectivity index (χ4v) is 1.58. The predicted octanol–water partition coefficient (Wildman–Crippen LogP) is 1.48. The molecule has 110 valence electrons. The topological polar surface area (TPSA) is 107 Å². The Morgan fingerprint density at radius 3 is 2.90 bits per heavy atom. The fraction of sp³-hybridized carbons (Fsp3) is 0.417. The van der Waals surface area contributed by atoms with Crippen LogP contribution in [0, 0.1) is 10.1 Å². The van der Waals surface area contributed by atoms with E-state index in [0.29, 0.717) is 6.54 Å². The van der Waals surface area contributed by atoms with E-state index in [-0.39, 0.29) is 41.4 Å². The molecule has 20 heavy (non-hydrogen) atoms. The third-order valence-electron chi connectivity index (χ3n) is 2.47. The minimum absolute atomic E-state index is 0.0333. The maximum absolute atomic E-state index is 11.5. The molecule has 0 saturated heterocycles. The zero-order chi connectivity index (χ0) is 15.1. The van der Waals surface area contributed by atoms with Gasteiger partial charge in [0.2, 0.25) is 5.91 Å². The number of hydrogen-bond acceptors (Lipinski definition) is 5. The summed E-state index contributed by atoms with van der Waals surface area (Å²) in [4.78, 5) is 21.7. The molecular weight excluding hydrogens is 286 g/mol. The van der Waals surface area contributed by atoms with Gasteiger partial charge in [0, 0.05) is 23.7 Å². The van der Waals surface area contributed by atoms with Gasteiger partial charge in [-0.05, 0) is 19.1 Å². The summed E-state index contributed by atoms with van der Waals surface area (Å²) in [6.07, 6.45) is 0.0874. The van der Waals surface area contributed by atoms with E-state index in [9.17, 15) is 14.9 Å². The molecule has 0 spiro atoms. The number of rotatable bonds is 7. The van der Waals surface area contributed by atoms with E-state index in [1.165, 1.54) is 18.2 Å². The second-order valence-corrected chi connectivity index (χ2v) is 4.61. The van der Waals surface area contributed by atoms with Crippen molar-refractivity contribution in [3.05, 3.63) is 33.3 Å². The number of nitro groups is 1. The Balaban J connectivity index is 2.54. The van der Waals surface area contributed by atoms with Gasteiger partial charge in [0.05, 0.1) is 18.0 Å². The van der Waals surface area contributed by atoms with Crippen molar-refractivity contribution < 1.29 is 14.5 Å². The van der Waals surface area contributed by atoms with Crippen molar-refractivity contribution in [1.82, 2.24) is 5.32 Å². The first-order valence-electron chi connectivity index (χ1n) is 6.00. The van der Waals surface area contributed by atoms with Crippen LogP contribution in [0.3, 0.4) is 0 Å². The Hall–Kier alpha value is -1.86. The van der Waals surface area contributed by atoms with Crippen LogP contribution in [0.2, 0.25) is 5.02 Å². The fourth-order valence-electron chi connectivity index (χ4n) is 1.41. The number of hydrogen-bond donors (Lipinski definition) is 2. The van der Waals surface area contributed by atoms with E-state index < -0.39 is 4.92 Å². The first-order chi connectivity index (χ1) is 9.43. The largest absolute Gasteiger partial charge is 0.486 e. The number of amides is 1. The minimum atomic E-state index is -0.586. The average Bonchev–Trinajstić information content (AvgIpc) is 2.39. The Labute approximate surface area is 121 Å². The van der Waals surface area contributed by atoms with Crippen LogP contribution in [0.4, 0.5) is 5.69 Å². The number of nitrogens with zero attached hydrogens (tertiary/aromatic N) is 1. The van der Waals surface area contributed by atoms with E-state index in [2.05, 4.69) is 5.32 Å². The summed E-state index contributed by atoms with van der Waals surface area (Å²) in [6.45, 7) is 2.16. The monoisotopic (exact) mass is 301 g/mol. The molecular formula is C12H16ClN3O4. The zero-order valence-corrected chi connectivity index (χ0v) is 11.7. The van der Waals surface area contributed by atoms with Gasteiger partial charge in [-0.2, -0.15) is 0 Å². The third kappa shape index (κ3) is 5.02. The molecule has 0 aliphatic heterocycles. The first-order valence-corrected chi connectivity index (χ1v) is 6.38. The van der Waals surface area contributed by atoms with Crippen LogP contribution >= 0.6 is 11.6 Å². The second-order valence-electron chi connectivity index (χ2n) is 4.17. The molecule has 0 heterocycles. The van der Waals surface area contributed by atoms with Crippen molar-refractivity contribution in [1.29, 1.82) is 0 Å². The normalized spacial score (nSPS) is 11.8. The molecule has 0 bridgehead atoms. The standard InChI is InChI=1S/C12H16ClN3O4/c1-8(7-14)15-12(17)4-5-20-11-3-2-9(13)6-10(11)16(18)19/h2-3,6,8H,4-5,7,14H2,1H3,(H,15,17)/t8-/m0/s1. The molecule has 0 aliphatic rings. The molecule has 7 nitrogen and oxygen atoms in total. The second kappa shape index (κ2) is 7.66. The number of nitrogens with two attached hydrogens (primary N) is 1. The number of halogens is 1. The van der Waals surface area contributed by atoms with Crippen LogP contribution in [-0.2, 0) is 4.79 Å². The number of benzene rings is 1. The Bertz CT molecular complexity index is 496.